The second-order valence-corrected chi connectivity index (χ2v) is 8.47. The number of amides is 5. The summed E-state index contributed by atoms with van der Waals surface area (Å²) in [4.78, 5) is 62.2. The van der Waals surface area contributed by atoms with Crippen molar-refractivity contribution in [2.24, 2.45) is 0 Å². The van der Waals surface area contributed by atoms with Gasteiger partial charge in [-0.1, -0.05) is 23.7 Å². The van der Waals surface area contributed by atoms with Gasteiger partial charge in [0.1, 0.15) is 6.04 Å². The predicted octanol–water partition coefficient (Wildman–Crippen LogP) is 2.36. The summed E-state index contributed by atoms with van der Waals surface area (Å²) in [5, 5.41) is 16.1. The molecule has 2 aromatic rings. The third kappa shape index (κ3) is 4.55. The topological polar surface area (TPSA) is 142 Å². The van der Waals surface area contributed by atoms with Crippen molar-refractivity contribution in [2.45, 2.75) is 32.0 Å². The molecular formula is C22H20ClN5O6. The second kappa shape index (κ2) is 9.10. The number of imide groups is 1. The maximum absolute atomic E-state index is 12.9. The van der Waals surface area contributed by atoms with Crippen LogP contribution in [-0.2, 0) is 22.7 Å². The van der Waals surface area contributed by atoms with Crippen molar-refractivity contribution in [3.05, 3.63) is 68.2 Å². The number of hydrogen-bond donors (Lipinski definition) is 2. The van der Waals surface area contributed by atoms with E-state index in [0.29, 0.717) is 11.1 Å². The Labute approximate surface area is 198 Å². The monoisotopic (exact) mass is 485 g/mol. The van der Waals surface area contributed by atoms with Crippen LogP contribution in [-0.4, -0.2) is 46.7 Å². The third-order valence-corrected chi connectivity index (χ3v) is 6.02. The molecule has 0 saturated carbocycles. The zero-order chi connectivity index (χ0) is 24.6. The zero-order valence-corrected chi connectivity index (χ0v) is 18.8. The van der Waals surface area contributed by atoms with Crippen LogP contribution in [0.3, 0.4) is 0 Å². The lowest BCUT2D eigenvalue weighted by Gasteiger charge is -2.29. The molecule has 0 radical (unpaired) electrons. The van der Waals surface area contributed by atoms with Crippen molar-refractivity contribution < 1.29 is 24.1 Å². The first-order valence-electron chi connectivity index (χ1n) is 10.4. The minimum atomic E-state index is -0.698. The molecule has 0 aromatic heterocycles. The van der Waals surface area contributed by atoms with Crippen LogP contribution in [0.15, 0.2) is 36.4 Å². The highest BCUT2D eigenvalue weighted by molar-refractivity contribution is 6.31. The number of benzene rings is 2. The number of anilines is 1. The van der Waals surface area contributed by atoms with Crippen molar-refractivity contribution in [1.82, 2.24) is 15.5 Å². The number of carbonyl (C=O) groups is 4. The van der Waals surface area contributed by atoms with Gasteiger partial charge in [0.2, 0.25) is 11.8 Å². The van der Waals surface area contributed by atoms with E-state index < -0.39 is 22.9 Å². The standard InChI is InChI=1S/C22H20ClN5O6/c1-26(15-7-14(23)8-16(9-15)28(33)34)22(32)24-10-12-2-3-13-11-27(21(31)17(13)6-12)18-4-5-19(29)25-20(18)30/h2-3,6-9,18H,4-5,10-11H2,1H3,(H,24,32)(H,25,29,30). The fourth-order valence-corrected chi connectivity index (χ4v) is 4.21. The molecule has 0 bridgehead atoms. The Hall–Kier alpha value is -3.99. The van der Waals surface area contributed by atoms with Gasteiger partial charge in [-0.25, -0.2) is 4.79 Å². The SMILES string of the molecule is CN(C(=O)NCc1ccc2c(c1)C(=O)N(C1CCC(=O)NC1=O)C2)c1cc(Cl)cc([N+](=O)[O-])c1. The van der Waals surface area contributed by atoms with Gasteiger partial charge >= 0.3 is 6.03 Å². The first-order valence-corrected chi connectivity index (χ1v) is 10.7. The highest BCUT2D eigenvalue weighted by Gasteiger charge is 2.39. The van der Waals surface area contributed by atoms with Crippen LogP contribution in [0.25, 0.3) is 0 Å². The number of urea groups is 1. The van der Waals surface area contributed by atoms with Gasteiger partial charge < -0.3 is 10.2 Å². The van der Waals surface area contributed by atoms with Gasteiger partial charge in [-0.3, -0.25) is 34.7 Å². The van der Waals surface area contributed by atoms with Crippen LogP contribution in [0, 0.1) is 10.1 Å². The zero-order valence-electron chi connectivity index (χ0n) is 18.0. The minimum Gasteiger partial charge on any atom is -0.334 e. The fourth-order valence-electron chi connectivity index (χ4n) is 3.98. The van der Waals surface area contributed by atoms with Crippen LogP contribution in [0.4, 0.5) is 16.2 Å². The number of nitrogens with zero attached hydrogens (tertiary/aromatic N) is 3. The van der Waals surface area contributed by atoms with E-state index in [4.69, 9.17) is 11.6 Å². The second-order valence-electron chi connectivity index (χ2n) is 8.03. The number of rotatable bonds is 5. The molecule has 1 saturated heterocycles. The summed E-state index contributed by atoms with van der Waals surface area (Å²) in [6.45, 7) is 0.369. The largest absolute Gasteiger partial charge is 0.334 e. The summed E-state index contributed by atoms with van der Waals surface area (Å²) < 4.78 is 0. The molecule has 1 unspecified atom stereocenters. The van der Waals surface area contributed by atoms with Crippen LogP contribution in [0.1, 0.15) is 34.3 Å². The molecule has 176 valence electrons. The van der Waals surface area contributed by atoms with Gasteiger partial charge in [-0.2, -0.15) is 0 Å². The van der Waals surface area contributed by atoms with Gasteiger partial charge in [0.25, 0.3) is 11.6 Å². The van der Waals surface area contributed by atoms with E-state index in [1.807, 2.05) is 0 Å². The Morgan fingerprint density at radius 2 is 2.03 bits per heavy atom. The van der Waals surface area contributed by atoms with Crippen LogP contribution >= 0.6 is 11.6 Å². The van der Waals surface area contributed by atoms with Crippen molar-refractivity contribution in [3.8, 4) is 0 Å². The predicted molar refractivity (Wildman–Crippen MR) is 121 cm³/mol. The summed E-state index contributed by atoms with van der Waals surface area (Å²) >= 11 is 5.93. The van der Waals surface area contributed by atoms with E-state index in [0.717, 1.165) is 5.56 Å². The Kier molecular flexibility index (Phi) is 6.20. The molecule has 11 nitrogen and oxygen atoms in total. The Balaban J connectivity index is 1.42. The lowest BCUT2D eigenvalue weighted by Crippen LogP contribution is -2.52. The van der Waals surface area contributed by atoms with Crippen LogP contribution in [0.2, 0.25) is 5.02 Å². The van der Waals surface area contributed by atoms with Crippen LogP contribution in [0.5, 0.6) is 0 Å². The first kappa shape index (κ1) is 23.2. The van der Waals surface area contributed by atoms with Crippen molar-refractivity contribution in [1.29, 1.82) is 0 Å². The van der Waals surface area contributed by atoms with Gasteiger partial charge in [0.05, 0.1) is 10.6 Å². The van der Waals surface area contributed by atoms with E-state index in [-0.39, 0.29) is 54.1 Å². The molecule has 4 rings (SSSR count). The molecule has 2 N–H and O–H groups in total. The first-order chi connectivity index (χ1) is 16.1. The maximum Gasteiger partial charge on any atom is 0.321 e. The summed E-state index contributed by atoms with van der Waals surface area (Å²) in [6, 6.07) is 7.85. The van der Waals surface area contributed by atoms with Crippen molar-refractivity contribution in [3.63, 3.8) is 0 Å². The number of fused-ring (bicyclic) bond motifs is 1. The number of halogens is 1. The number of carbonyl (C=O) groups excluding carboxylic acids is 4. The van der Waals surface area contributed by atoms with Gasteiger partial charge in [0, 0.05) is 49.3 Å². The number of piperidine rings is 1. The quantitative estimate of drug-likeness (QED) is 0.378. The highest BCUT2D eigenvalue weighted by atomic mass is 35.5. The summed E-state index contributed by atoms with van der Waals surface area (Å²) in [5.74, 6) is -1.13. The van der Waals surface area contributed by atoms with E-state index >= 15 is 0 Å². The smallest absolute Gasteiger partial charge is 0.321 e. The molecule has 12 heteroatoms. The van der Waals surface area contributed by atoms with Gasteiger partial charge in [-0.15, -0.1) is 0 Å². The van der Waals surface area contributed by atoms with Gasteiger partial charge in [-0.05, 0) is 29.7 Å². The lowest BCUT2D eigenvalue weighted by atomic mass is 10.0. The number of hydrogen-bond acceptors (Lipinski definition) is 6. The molecule has 1 atom stereocenters. The molecule has 0 spiro atoms. The summed E-state index contributed by atoms with van der Waals surface area (Å²) in [5.41, 5.74) is 1.88. The number of non-ortho nitro benzene ring substituents is 1. The molecule has 0 aliphatic carbocycles. The Morgan fingerprint density at radius 1 is 1.26 bits per heavy atom. The Morgan fingerprint density at radius 3 is 2.74 bits per heavy atom. The van der Waals surface area contributed by atoms with E-state index in [1.165, 1.54) is 35.0 Å². The number of nitro benzene ring substituents is 1. The fraction of sp³-hybridized carbons (Fsp3) is 0.273. The third-order valence-electron chi connectivity index (χ3n) is 5.81. The van der Waals surface area contributed by atoms with Crippen molar-refractivity contribution in [2.75, 3.05) is 11.9 Å². The lowest BCUT2D eigenvalue weighted by molar-refractivity contribution is -0.384. The van der Waals surface area contributed by atoms with E-state index in [9.17, 15) is 29.3 Å². The molecule has 1 fully saturated rings. The average Bonchev–Trinajstić information content (AvgIpc) is 3.12. The minimum absolute atomic E-state index is 0.102. The molecule has 2 aliphatic heterocycles. The molecule has 2 aliphatic rings. The molecular weight excluding hydrogens is 466 g/mol. The average molecular weight is 486 g/mol. The van der Waals surface area contributed by atoms with E-state index in [1.54, 1.807) is 18.2 Å². The molecule has 2 aromatic carbocycles. The molecule has 34 heavy (non-hydrogen) atoms. The summed E-state index contributed by atoms with van der Waals surface area (Å²) in [7, 11) is 1.45. The highest BCUT2D eigenvalue weighted by Crippen LogP contribution is 2.29. The maximum atomic E-state index is 12.9. The van der Waals surface area contributed by atoms with E-state index in [2.05, 4.69) is 10.6 Å². The van der Waals surface area contributed by atoms with Crippen molar-refractivity contribution >= 4 is 46.7 Å². The molecule has 5 amide bonds. The normalized spacial score (nSPS) is 17.3. The number of nitrogens with one attached hydrogen (secondary N) is 2. The summed E-state index contributed by atoms with van der Waals surface area (Å²) in [6.07, 6.45) is 0.457. The number of nitro groups is 1. The van der Waals surface area contributed by atoms with Gasteiger partial charge in [0.15, 0.2) is 0 Å². The Bertz CT molecular complexity index is 1230. The molecule has 2 heterocycles. The van der Waals surface area contributed by atoms with Crippen LogP contribution < -0.4 is 15.5 Å².